The number of halogens is 3. The highest BCUT2D eigenvalue weighted by Crippen LogP contribution is 2.30. The molecule has 10 heteroatoms. The van der Waals surface area contributed by atoms with Crippen molar-refractivity contribution in [2.75, 3.05) is 39.3 Å². The van der Waals surface area contributed by atoms with E-state index in [1.165, 1.54) is 23.0 Å². The number of hydrogen-bond acceptors (Lipinski definition) is 3. The number of urea groups is 1. The Morgan fingerprint density at radius 1 is 1.06 bits per heavy atom. The molecule has 7 nitrogen and oxygen atoms in total. The van der Waals surface area contributed by atoms with E-state index in [1.807, 2.05) is 13.8 Å². The van der Waals surface area contributed by atoms with E-state index in [1.54, 1.807) is 21.6 Å². The van der Waals surface area contributed by atoms with E-state index in [-0.39, 0.29) is 17.6 Å². The fourth-order valence-corrected chi connectivity index (χ4v) is 3.66. The van der Waals surface area contributed by atoms with E-state index < -0.39 is 11.7 Å². The number of carbonyl (C=O) groups excluding carboxylic acids is 2. The van der Waals surface area contributed by atoms with Crippen LogP contribution in [0.3, 0.4) is 0 Å². The van der Waals surface area contributed by atoms with Crippen molar-refractivity contribution in [3.63, 3.8) is 0 Å². The molecule has 0 aliphatic carbocycles. The van der Waals surface area contributed by atoms with E-state index in [0.29, 0.717) is 50.5 Å². The van der Waals surface area contributed by atoms with E-state index >= 15 is 0 Å². The van der Waals surface area contributed by atoms with Crippen molar-refractivity contribution in [3.05, 3.63) is 47.3 Å². The van der Waals surface area contributed by atoms with Crippen molar-refractivity contribution in [1.82, 2.24) is 24.5 Å². The van der Waals surface area contributed by atoms with Crippen LogP contribution in [-0.2, 0) is 6.18 Å². The highest BCUT2D eigenvalue weighted by Gasteiger charge is 2.31. The number of alkyl halides is 3. The number of aromatic nitrogens is 2. The zero-order chi connectivity index (χ0) is 22.8. The van der Waals surface area contributed by atoms with Crippen LogP contribution in [0.15, 0.2) is 30.5 Å². The van der Waals surface area contributed by atoms with Gasteiger partial charge in [0, 0.05) is 39.3 Å². The van der Waals surface area contributed by atoms with Gasteiger partial charge in [-0.15, -0.1) is 0 Å². The third kappa shape index (κ3) is 4.67. The molecule has 3 amide bonds. The molecule has 0 atom stereocenters. The number of carbonyl (C=O) groups is 2. The Labute approximate surface area is 179 Å². The van der Waals surface area contributed by atoms with Crippen LogP contribution in [0.4, 0.5) is 18.0 Å². The first-order valence-electron chi connectivity index (χ1n) is 10.2. The van der Waals surface area contributed by atoms with E-state index in [4.69, 9.17) is 0 Å². The maximum atomic E-state index is 13.0. The molecule has 3 rings (SSSR count). The minimum atomic E-state index is -4.46. The van der Waals surface area contributed by atoms with Crippen LogP contribution in [0.1, 0.15) is 35.5 Å². The minimum Gasteiger partial charge on any atom is -0.335 e. The molecule has 1 fully saturated rings. The van der Waals surface area contributed by atoms with Crippen LogP contribution in [-0.4, -0.2) is 75.7 Å². The monoisotopic (exact) mass is 437 g/mol. The summed E-state index contributed by atoms with van der Waals surface area (Å²) in [6.07, 6.45) is -3.08. The zero-order valence-corrected chi connectivity index (χ0v) is 17.8. The number of hydrogen-bond donors (Lipinski definition) is 0. The van der Waals surface area contributed by atoms with Gasteiger partial charge in [0.1, 0.15) is 0 Å². The van der Waals surface area contributed by atoms with Gasteiger partial charge >= 0.3 is 12.2 Å². The van der Waals surface area contributed by atoms with E-state index in [9.17, 15) is 22.8 Å². The molecule has 1 aliphatic rings. The van der Waals surface area contributed by atoms with Crippen LogP contribution < -0.4 is 0 Å². The molecule has 0 saturated carbocycles. The Hall–Kier alpha value is -3.04. The highest BCUT2D eigenvalue weighted by atomic mass is 19.4. The number of nitrogens with zero attached hydrogens (tertiary/aromatic N) is 5. The molecule has 0 unspecified atom stereocenters. The topological polar surface area (TPSA) is 61.7 Å². The Balaban J connectivity index is 1.72. The van der Waals surface area contributed by atoms with E-state index in [0.717, 1.165) is 12.1 Å². The number of amides is 3. The standard InChI is InChI=1S/C21H26F3N5O2/c1-4-26(5-2)20(31)28-11-9-27(10-12-28)19(30)18-14-25-29(15(18)3)17-8-6-7-16(13-17)21(22,23)24/h6-8,13-14H,4-5,9-12H2,1-3H3. The lowest BCUT2D eigenvalue weighted by Crippen LogP contribution is -2.54. The van der Waals surface area contributed by atoms with Crippen molar-refractivity contribution >= 4 is 11.9 Å². The second-order valence-electron chi connectivity index (χ2n) is 7.34. The molecule has 1 aromatic carbocycles. The summed E-state index contributed by atoms with van der Waals surface area (Å²) in [5.74, 6) is -0.245. The molecule has 0 N–H and O–H groups in total. The third-order valence-corrected chi connectivity index (χ3v) is 5.53. The van der Waals surface area contributed by atoms with E-state index in [2.05, 4.69) is 5.10 Å². The van der Waals surface area contributed by atoms with Crippen LogP contribution in [0, 0.1) is 6.92 Å². The average Bonchev–Trinajstić information content (AvgIpc) is 3.15. The molecule has 31 heavy (non-hydrogen) atoms. The molecule has 0 bridgehead atoms. The third-order valence-electron chi connectivity index (χ3n) is 5.53. The molecular formula is C21H26F3N5O2. The summed E-state index contributed by atoms with van der Waals surface area (Å²) in [5.41, 5.74) is 0.259. The van der Waals surface area contributed by atoms with Gasteiger partial charge in [-0.3, -0.25) is 4.79 Å². The molecule has 2 heterocycles. The van der Waals surface area contributed by atoms with Gasteiger partial charge in [0.15, 0.2) is 0 Å². The summed E-state index contributed by atoms with van der Waals surface area (Å²) in [6.45, 7) is 8.40. The molecule has 1 aromatic heterocycles. The lowest BCUT2D eigenvalue weighted by Gasteiger charge is -2.37. The van der Waals surface area contributed by atoms with Gasteiger partial charge in [-0.2, -0.15) is 18.3 Å². The predicted octanol–water partition coefficient (Wildman–Crippen LogP) is 3.42. The number of piperazine rings is 1. The normalized spacial score (nSPS) is 14.6. The average molecular weight is 437 g/mol. The Kier molecular flexibility index (Phi) is 6.56. The van der Waals surface area contributed by atoms with Crippen LogP contribution >= 0.6 is 0 Å². The first-order chi connectivity index (χ1) is 14.7. The van der Waals surface area contributed by atoms with Crippen molar-refractivity contribution in [1.29, 1.82) is 0 Å². The van der Waals surface area contributed by atoms with Crippen LogP contribution in [0.2, 0.25) is 0 Å². The lowest BCUT2D eigenvalue weighted by molar-refractivity contribution is -0.137. The predicted molar refractivity (Wildman–Crippen MR) is 109 cm³/mol. The smallest absolute Gasteiger partial charge is 0.335 e. The minimum absolute atomic E-state index is 0.0364. The summed E-state index contributed by atoms with van der Waals surface area (Å²) >= 11 is 0. The molecule has 168 valence electrons. The van der Waals surface area contributed by atoms with Gasteiger partial charge in [-0.05, 0) is 39.0 Å². The van der Waals surface area contributed by atoms with Gasteiger partial charge in [0.05, 0.1) is 28.7 Å². The summed E-state index contributed by atoms with van der Waals surface area (Å²) < 4.78 is 40.4. The van der Waals surface area contributed by atoms with Crippen molar-refractivity contribution in [2.45, 2.75) is 26.9 Å². The van der Waals surface area contributed by atoms with Crippen molar-refractivity contribution in [3.8, 4) is 5.69 Å². The number of benzene rings is 1. The summed E-state index contributed by atoms with van der Waals surface area (Å²) in [6, 6.07) is 4.79. The van der Waals surface area contributed by atoms with Gasteiger partial charge in [0.2, 0.25) is 0 Å². The van der Waals surface area contributed by atoms with Crippen molar-refractivity contribution < 1.29 is 22.8 Å². The second-order valence-corrected chi connectivity index (χ2v) is 7.34. The SMILES string of the molecule is CCN(CC)C(=O)N1CCN(C(=O)c2cnn(-c3cccc(C(F)(F)F)c3)c2C)CC1. The van der Waals surface area contributed by atoms with Gasteiger partial charge < -0.3 is 14.7 Å². The van der Waals surface area contributed by atoms with Crippen LogP contribution in [0.25, 0.3) is 5.69 Å². The molecule has 0 radical (unpaired) electrons. The second kappa shape index (κ2) is 8.99. The highest BCUT2D eigenvalue weighted by molar-refractivity contribution is 5.95. The largest absolute Gasteiger partial charge is 0.416 e. The molecule has 1 saturated heterocycles. The molecule has 0 spiro atoms. The van der Waals surface area contributed by atoms with Gasteiger partial charge in [0.25, 0.3) is 5.91 Å². The fraction of sp³-hybridized carbons (Fsp3) is 0.476. The van der Waals surface area contributed by atoms with Crippen molar-refractivity contribution in [2.24, 2.45) is 0 Å². The maximum Gasteiger partial charge on any atom is 0.416 e. The number of rotatable bonds is 4. The summed E-state index contributed by atoms with van der Waals surface area (Å²) in [5, 5.41) is 4.14. The Morgan fingerprint density at radius 3 is 2.26 bits per heavy atom. The first-order valence-corrected chi connectivity index (χ1v) is 10.2. The first kappa shape index (κ1) is 22.6. The summed E-state index contributed by atoms with van der Waals surface area (Å²) in [4.78, 5) is 30.6. The quantitative estimate of drug-likeness (QED) is 0.737. The van der Waals surface area contributed by atoms with Gasteiger partial charge in [-0.25, -0.2) is 9.48 Å². The zero-order valence-electron chi connectivity index (χ0n) is 17.8. The maximum absolute atomic E-state index is 13.0. The fourth-order valence-electron chi connectivity index (χ4n) is 3.66. The molecule has 1 aliphatic heterocycles. The Morgan fingerprint density at radius 2 is 1.68 bits per heavy atom. The molecule has 2 aromatic rings. The molecular weight excluding hydrogens is 411 g/mol. The van der Waals surface area contributed by atoms with Crippen LogP contribution in [0.5, 0.6) is 0 Å². The Bertz CT molecular complexity index is 945. The lowest BCUT2D eigenvalue weighted by atomic mass is 10.1. The van der Waals surface area contributed by atoms with Gasteiger partial charge in [-0.1, -0.05) is 6.07 Å². The summed E-state index contributed by atoms with van der Waals surface area (Å²) in [7, 11) is 0.